The zero-order valence-corrected chi connectivity index (χ0v) is 11.4. The number of pyridine rings is 1. The molecule has 0 saturated heterocycles. The quantitative estimate of drug-likeness (QED) is 0.893. The first-order chi connectivity index (χ1) is 9.24. The molecule has 0 bridgehead atoms. The van der Waals surface area contributed by atoms with Crippen LogP contribution in [-0.2, 0) is 0 Å². The van der Waals surface area contributed by atoms with Crippen LogP contribution in [0, 0.1) is 0 Å². The molecule has 4 heteroatoms. The number of nitrogens with zero attached hydrogens (tertiary/aromatic N) is 1. The van der Waals surface area contributed by atoms with Crippen LogP contribution < -0.4 is 14.8 Å². The van der Waals surface area contributed by atoms with E-state index < -0.39 is 0 Å². The van der Waals surface area contributed by atoms with E-state index in [1.54, 1.807) is 20.4 Å². The minimum Gasteiger partial charge on any atom is -0.493 e. The number of methoxy groups -OCH3 is 2. The van der Waals surface area contributed by atoms with Gasteiger partial charge >= 0.3 is 0 Å². The van der Waals surface area contributed by atoms with Crippen LogP contribution in [0.25, 0.3) is 0 Å². The summed E-state index contributed by atoms with van der Waals surface area (Å²) >= 11 is 0. The van der Waals surface area contributed by atoms with E-state index in [1.807, 2.05) is 36.5 Å². The van der Waals surface area contributed by atoms with Crippen molar-refractivity contribution in [2.24, 2.45) is 0 Å². The summed E-state index contributed by atoms with van der Waals surface area (Å²) in [6, 6.07) is 9.93. The molecule has 1 unspecified atom stereocenters. The smallest absolute Gasteiger partial charge is 0.162 e. The van der Waals surface area contributed by atoms with E-state index in [-0.39, 0.29) is 6.04 Å². The lowest BCUT2D eigenvalue weighted by Gasteiger charge is -2.16. The third kappa shape index (κ3) is 3.16. The van der Waals surface area contributed by atoms with Crippen LogP contribution in [0.2, 0.25) is 0 Å². The van der Waals surface area contributed by atoms with Crippen LogP contribution in [0.5, 0.6) is 11.5 Å². The van der Waals surface area contributed by atoms with Gasteiger partial charge in [0, 0.05) is 24.1 Å². The Hall–Kier alpha value is -2.23. The fraction of sp³-hybridized carbons (Fsp3) is 0.267. The third-order valence-electron chi connectivity index (χ3n) is 2.95. The van der Waals surface area contributed by atoms with Crippen molar-refractivity contribution in [2.75, 3.05) is 19.5 Å². The number of hydrogen-bond donors (Lipinski definition) is 1. The highest BCUT2D eigenvalue weighted by atomic mass is 16.5. The lowest BCUT2D eigenvalue weighted by Crippen LogP contribution is -2.07. The number of rotatable bonds is 5. The van der Waals surface area contributed by atoms with Crippen molar-refractivity contribution < 1.29 is 9.47 Å². The van der Waals surface area contributed by atoms with Crippen LogP contribution in [0.4, 0.5) is 5.69 Å². The predicted octanol–water partition coefficient (Wildman–Crippen LogP) is 3.27. The number of hydrogen-bond acceptors (Lipinski definition) is 4. The molecule has 0 radical (unpaired) electrons. The monoisotopic (exact) mass is 258 g/mol. The highest BCUT2D eigenvalue weighted by Crippen LogP contribution is 2.31. The standard InChI is InChI=1S/C15H18N2O2/c1-11(12-5-4-8-16-10-12)17-13-6-7-14(18-2)15(9-13)19-3/h4-11,17H,1-3H3. The van der Waals surface area contributed by atoms with Gasteiger partial charge in [0.1, 0.15) is 0 Å². The number of anilines is 1. The molecule has 0 aliphatic heterocycles. The van der Waals surface area contributed by atoms with Gasteiger partial charge in [-0.2, -0.15) is 0 Å². The SMILES string of the molecule is COc1ccc(NC(C)c2cccnc2)cc1OC. The Balaban J connectivity index is 2.15. The summed E-state index contributed by atoms with van der Waals surface area (Å²) in [6.07, 6.45) is 3.63. The van der Waals surface area contributed by atoms with E-state index in [0.717, 1.165) is 17.0 Å². The summed E-state index contributed by atoms with van der Waals surface area (Å²) in [4.78, 5) is 4.12. The Kier molecular flexibility index (Phi) is 4.23. The van der Waals surface area contributed by atoms with Crippen molar-refractivity contribution in [3.8, 4) is 11.5 Å². The van der Waals surface area contributed by atoms with Gasteiger partial charge in [-0.1, -0.05) is 6.07 Å². The Bertz CT molecular complexity index is 529. The third-order valence-corrected chi connectivity index (χ3v) is 2.95. The average Bonchev–Trinajstić information content (AvgIpc) is 2.48. The Morgan fingerprint density at radius 3 is 2.53 bits per heavy atom. The van der Waals surface area contributed by atoms with Gasteiger partial charge in [-0.3, -0.25) is 4.98 Å². The second kappa shape index (κ2) is 6.09. The van der Waals surface area contributed by atoms with E-state index in [2.05, 4.69) is 17.2 Å². The van der Waals surface area contributed by atoms with Gasteiger partial charge < -0.3 is 14.8 Å². The van der Waals surface area contributed by atoms with Crippen LogP contribution in [0.1, 0.15) is 18.5 Å². The molecular weight excluding hydrogens is 240 g/mol. The predicted molar refractivity (Wildman–Crippen MR) is 75.8 cm³/mol. The van der Waals surface area contributed by atoms with Gasteiger partial charge in [0.05, 0.1) is 20.3 Å². The van der Waals surface area contributed by atoms with E-state index in [1.165, 1.54) is 0 Å². The molecule has 1 N–H and O–H groups in total. The second-order valence-corrected chi connectivity index (χ2v) is 4.22. The van der Waals surface area contributed by atoms with Gasteiger partial charge in [-0.15, -0.1) is 0 Å². The molecule has 0 spiro atoms. The molecule has 1 aromatic heterocycles. The van der Waals surface area contributed by atoms with Crippen molar-refractivity contribution in [1.82, 2.24) is 4.98 Å². The summed E-state index contributed by atoms with van der Waals surface area (Å²) < 4.78 is 10.5. The first kappa shape index (κ1) is 13.2. The zero-order chi connectivity index (χ0) is 13.7. The fourth-order valence-electron chi connectivity index (χ4n) is 1.89. The molecule has 1 aromatic carbocycles. The maximum atomic E-state index is 5.29. The van der Waals surface area contributed by atoms with Crippen molar-refractivity contribution in [2.45, 2.75) is 13.0 Å². The molecule has 1 heterocycles. The molecule has 2 aromatic rings. The normalized spacial score (nSPS) is 11.7. The van der Waals surface area contributed by atoms with Gasteiger partial charge in [-0.05, 0) is 30.7 Å². The van der Waals surface area contributed by atoms with Gasteiger partial charge in [0.25, 0.3) is 0 Å². The molecule has 100 valence electrons. The Morgan fingerprint density at radius 1 is 1.11 bits per heavy atom. The summed E-state index contributed by atoms with van der Waals surface area (Å²) in [5.74, 6) is 1.44. The van der Waals surface area contributed by atoms with Crippen molar-refractivity contribution in [3.05, 3.63) is 48.3 Å². The highest BCUT2D eigenvalue weighted by molar-refractivity contribution is 5.55. The molecule has 0 fully saturated rings. The Labute approximate surface area is 113 Å². The number of nitrogens with one attached hydrogen (secondary N) is 1. The van der Waals surface area contributed by atoms with Crippen molar-refractivity contribution in [1.29, 1.82) is 0 Å². The highest BCUT2D eigenvalue weighted by Gasteiger charge is 2.08. The minimum atomic E-state index is 0.173. The van der Waals surface area contributed by atoms with Crippen LogP contribution in [0.15, 0.2) is 42.7 Å². The molecule has 1 atom stereocenters. The second-order valence-electron chi connectivity index (χ2n) is 4.22. The number of benzene rings is 1. The zero-order valence-electron chi connectivity index (χ0n) is 11.4. The lowest BCUT2D eigenvalue weighted by molar-refractivity contribution is 0.355. The van der Waals surface area contributed by atoms with Crippen molar-refractivity contribution >= 4 is 5.69 Å². The molecule has 0 amide bonds. The molecule has 4 nitrogen and oxygen atoms in total. The summed E-state index contributed by atoms with van der Waals surface area (Å²) in [5, 5.41) is 3.41. The molecule has 0 saturated carbocycles. The molecule has 19 heavy (non-hydrogen) atoms. The lowest BCUT2D eigenvalue weighted by atomic mass is 10.1. The first-order valence-electron chi connectivity index (χ1n) is 6.13. The van der Waals surface area contributed by atoms with Crippen LogP contribution in [0.3, 0.4) is 0 Å². The Morgan fingerprint density at radius 2 is 1.89 bits per heavy atom. The first-order valence-corrected chi connectivity index (χ1v) is 6.13. The van der Waals surface area contributed by atoms with E-state index in [4.69, 9.17) is 9.47 Å². The number of ether oxygens (including phenoxy) is 2. The van der Waals surface area contributed by atoms with Gasteiger partial charge in [0.2, 0.25) is 0 Å². The van der Waals surface area contributed by atoms with Crippen molar-refractivity contribution in [3.63, 3.8) is 0 Å². The van der Waals surface area contributed by atoms with E-state index in [0.29, 0.717) is 5.75 Å². The van der Waals surface area contributed by atoms with E-state index in [9.17, 15) is 0 Å². The van der Waals surface area contributed by atoms with Gasteiger partial charge in [-0.25, -0.2) is 0 Å². The summed E-state index contributed by atoms with van der Waals surface area (Å²) in [6.45, 7) is 2.09. The molecular formula is C15H18N2O2. The van der Waals surface area contributed by atoms with Crippen LogP contribution in [-0.4, -0.2) is 19.2 Å². The minimum absolute atomic E-state index is 0.173. The fourth-order valence-corrected chi connectivity index (χ4v) is 1.89. The number of aromatic nitrogens is 1. The maximum absolute atomic E-state index is 5.29. The summed E-state index contributed by atoms with van der Waals surface area (Å²) in [7, 11) is 3.26. The molecule has 0 aliphatic rings. The summed E-state index contributed by atoms with van der Waals surface area (Å²) in [5.41, 5.74) is 2.12. The van der Waals surface area contributed by atoms with Crippen LogP contribution >= 0.6 is 0 Å². The van der Waals surface area contributed by atoms with E-state index >= 15 is 0 Å². The van der Waals surface area contributed by atoms with Gasteiger partial charge in [0.15, 0.2) is 11.5 Å². The largest absolute Gasteiger partial charge is 0.493 e. The topological polar surface area (TPSA) is 43.4 Å². The average molecular weight is 258 g/mol. The maximum Gasteiger partial charge on any atom is 0.162 e. The molecule has 2 rings (SSSR count). The molecule has 0 aliphatic carbocycles.